The van der Waals surface area contributed by atoms with Crippen molar-refractivity contribution in [2.45, 2.75) is 26.9 Å². The molecular weight excluding hydrogens is 250 g/mol. The second kappa shape index (κ2) is 6.24. The van der Waals surface area contributed by atoms with Gasteiger partial charge in [0.1, 0.15) is 5.75 Å². The van der Waals surface area contributed by atoms with Crippen molar-refractivity contribution in [1.82, 2.24) is 0 Å². The lowest BCUT2D eigenvalue weighted by Gasteiger charge is -2.11. The lowest BCUT2D eigenvalue weighted by atomic mass is 10.2. The molecule has 0 radical (unpaired) electrons. The molecule has 0 heterocycles. The molecule has 3 nitrogen and oxygen atoms in total. The van der Waals surface area contributed by atoms with E-state index in [4.69, 9.17) is 4.74 Å². The summed E-state index contributed by atoms with van der Waals surface area (Å²) in [4.78, 5) is 12.2. The van der Waals surface area contributed by atoms with E-state index in [2.05, 4.69) is 5.32 Å². The number of benzene rings is 2. The first-order chi connectivity index (χ1) is 9.54. The summed E-state index contributed by atoms with van der Waals surface area (Å²) in [6.07, 6.45) is 0.0883. The van der Waals surface area contributed by atoms with Crippen LogP contribution < -0.4 is 10.1 Å². The van der Waals surface area contributed by atoms with Crippen LogP contribution in [0.3, 0.4) is 0 Å². The normalized spacial score (nSPS) is 10.4. The van der Waals surface area contributed by atoms with Crippen LogP contribution in [0.4, 0.5) is 5.69 Å². The van der Waals surface area contributed by atoms with E-state index in [0.717, 1.165) is 11.3 Å². The fourth-order valence-electron chi connectivity index (χ4n) is 1.82. The Kier molecular flexibility index (Phi) is 4.41. The highest BCUT2D eigenvalue weighted by Crippen LogP contribution is 2.16. The Hall–Kier alpha value is -2.29. The number of rotatable bonds is 4. The largest absolute Gasteiger partial charge is 0.491 e. The van der Waals surface area contributed by atoms with Gasteiger partial charge in [0.2, 0.25) is 0 Å². The lowest BCUT2D eigenvalue weighted by molar-refractivity contribution is 0.102. The van der Waals surface area contributed by atoms with Gasteiger partial charge in [-0.05, 0) is 51.1 Å². The van der Waals surface area contributed by atoms with Gasteiger partial charge in [0.05, 0.1) is 6.10 Å². The van der Waals surface area contributed by atoms with Gasteiger partial charge in [-0.15, -0.1) is 0 Å². The van der Waals surface area contributed by atoms with Crippen molar-refractivity contribution in [1.29, 1.82) is 0 Å². The first-order valence-corrected chi connectivity index (χ1v) is 6.69. The van der Waals surface area contributed by atoms with E-state index in [-0.39, 0.29) is 12.0 Å². The Morgan fingerprint density at radius 2 is 1.80 bits per heavy atom. The molecule has 0 saturated heterocycles. The molecule has 0 aliphatic rings. The summed E-state index contributed by atoms with van der Waals surface area (Å²) >= 11 is 0. The SMILES string of the molecule is Cc1ccc(NC(=O)c2cccc(OC(C)C)c2)cc1. The lowest BCUT2D eigenvalue weighted by Crippen LogP contribution is -2.12. The molecule has 3 heteroatoms. The van der Waals surface area contributed by atoms with Gasteiger partial charge in [-0.2, -0.15) is 0 Å². The van der Waals surface area contributed by atoms with Crippen molar-refractivity contribution in [2.75, 3.05) is 5.32 Å². The molecule has 1 amide bonds. The van der Waals surface area contributed by atoms with Gasteiger partial charge in [0.15, 0.2) is 0 Å². The van der Waals surface area contributed by atoms with Crippen LogP contribution in [0.1, 0.15) is 29.8 Å². The molecule has 2 rings (SSSR count). The van der Waals surface area contributed by atoms with Crippen molar-refractivity contribution < 1.29 is 9.53 Å². The number of amides is 1. The highest BCUT2D eigenvalue weighted by molar-refractivity contribution is 6.04. The van der Waals surface area contributed by atoms with Crippen molar-refractivity contribution >= 4 is 11.6 Å². The molecule has 2 aromatic carbocycles. The molecule has 0 aliphatic carbocycles. The summed E-state index contributed by atoms with van der Waals surface area (Å²) in [6.45, 7) is 5.93. The standard InChI is InChI=1S/C17H19NO2/c1-12(2)20-16-6-4-5-14(11-16)17(19)18-15-9-7-13(3)8-10-15/h4-12H,1-3H3,(H,18,19). The molecular formula is C17H19NO2. The predicted octanol–water partition coefficient (Wildman–Crippen LogP) is 4.03. The van der Waals surface area contributed by atoms with E-state index in [9.17, 15) is 4.79 Å². The van der Waals surface area contributed by atoms with Crippen LogP contribution in [-0.2, 0) is 0 Å². The van der Waals surface area contributed by atoms with Crippen LogP contribution in [0, 0.1) is 6.92 Å². The van der Waals surface area contributed by atoms with Crippen molar-refractivity contribution in [3.8, 4) is 5.75 Å². The van der Waals surface area contributed by atoms with E-state index in [1.54, 1.807) is 12.1 Å². The first-order valence-electron chi connectivity index (χ1n) is 6.69. The van der Waals surface area contributed by atoms with Gasteiger partial charge in [-0.3, -0.25) is 4.79 Å². The summed E-state index contributed by atoms with van der Waals surface area (Å²) in [5, 5.41) is 2.87. The number of aryl methyl sites for hydroxylation is 1. The van der Waals surface area contributed by atoms with Crippen LogP contribution in [0.5, 0.6) is 5.75 Å². The van der Waals surface area contributed by atoms with E-state index < -0.39 is 0 Å². The number of carbonyl (C=O) groups is 1. The summed E-state index contributed by atoms with van der Waals surface area (Å²) in [7, 11) is 0. The Bertz CT molecular complexity index is 588. The highest BCUT2D eigenvalue weighted by Gasteiger charge is 2.07. The second-order valence-corrected chi connectivity index (χ2v) is 5.01. The number of hydrogen-bond acceptors (Lipinski definition) is 2. The molecule has 104 valence electrons. The second-order valence-electron chi connectivity index (χ2n) is 5.01. The van der Waals surface area contributed by atoms with E-state index >= 15 is 0 Å². The van der Waals surface area contributed by atoms with Gasteiger partial charge < -0.3 is 10.1 Å². The molecule has 1 N–H and O–H groups in total. The Labute approximate surface area is 119 Å². The fraction of sp³-hybridized carbons (Fsp3) is 0.235. The summed E-state index contributed by atoms with van der Waals surface area (Å²) < 4.78 is 5.59. The molecule has 0 aromatic heterocycles. The van der Waals surface area contributed by atoms with E-state index in [1.165, 1.54) is 0 Å². The monoisotopic (exact) mass is 269 g/mol. The van der Waals surface area contributed by atoms with Gasteiger partial charge >= 0.3 is 0 Å². The number of hydrogen-bond donors (Lipinski definition) is 1. The fourth-order valence-corrected chi connectivity index (χ4v) is 1.82. The average Bonchev–Trinajstić information content (AvgIpc) is 2.41. The smallest absolute Gasteiger partial charge is 0.255 e. The third-order valence-corrected chi connectivity index (χ3v) is 2.78. The van der Waals surface area contributed by atoms with Crippen molar-refractivity contribution in [2.24, 2.45) is 0 Å². The minimum atomic E-state index is -0.136. The topological polar surface area (TPSA) is 38.3 Å². The Morgan fingerprint density at radius 3 is 2.45 bits per heavy atom. The molecule has 0 unspecified atom stereocenters. The molecule has 0 atom stereocenters. The van der Waals surface area contributed by atoms with E-state index in [0.29, 0.717) is 11.3 Å². The summed E-state index contributed by atoms with van der Waals surface area (Å²) in [5.41, 5.74) is 2.54. The maximum Gasteiger partial charge on any atom is 0.255 e. The number of ether oxygens (including phenoxy) is 1. The third kappa shape index (κ3) is 3.85. The minimum absolute atomic E-state index is 0.0883. The highest BCUT2D eigenvalue weighted by atomic mass is 16.5. The zero-order chi connectivity index (χ0) is 14.5. The average molecular weight is 269 g/mol. The quantitative estimate of drug-likeness (QED) is 0.909. The Balaban J connectivity index is 2.10. The maximum atomic E-state index is 12.2. The molecule has 20 heavy (non-hydrogen) atoms. The number of carbonyl (C=O) groups excluding carboxylic acids is 1. The zero-order valence-corrected chi connectivity index (χ0v) is 12.0. The predicted molar refractivity (Wildman–Crippen MR) is 81.3 cm³/mol. The van der Waals surface area contributed by atoms with Crippen LogP contribution in [0.25, 0.3) is 0 Å². The maximum absolute atomic E-state index is 12.2. The molecule has 2 aromatic rings. The third-order valence-electron chi connectivity index (χ3n) is 2.78. The van der Waals surface area contributed by atoms with Gasteiger partial charge in [-0.1, -0.05) is 23.8 Å². The Morgan fingerprint density at radius 1 is 1.10 bits per heavy atom. The summed E-state index contributed by atoms with van der Waals surface area (Å²) in [5.74, 6) is 0.569. The van der Waals surface area contributed by atoms with Crippen LogP contribution in [0.15, 0.2) is 48.5 Å². The summed E-state index contributed by atoms with van der Waals surface area (Å²) in [6, 6.07) is 14.9. The number of nitrogens with one attached hydrogen (secondary N) is 1. The van der Waals surface area contributed by atoms with Crippen LogP contribution >= 0.6 is 0 Å². The zero-order valence-electron chi connectivity index (χ0n) is 12.0. The van der Waals surface area contributed by atoms with Crippen LogP contribution in [0.2, 0.25) is 0 Å². The van der Waals surface area contributed by atoms with Crippen LogP contribution in [-0.4, -0.2) is 12.0 Å². The van der Waals surface area contributed by atoms with Gasteiger partial charge in [-0.25, -0.2) is 0 Å². The molecule has 0 saturated carbocycles. The van der Waals surface area contributed by atoms with Crippen molar-refractivity contribution in [3.05, 3.63) is 59.7 Å². The molecule has 0 bridgehead atoms. The minimum Gasteiger partial charge on any atom is -0.491 e. The molecule has 0 fully saturated rings. The first kappa shape index (κ1) is 14.1. The van der Waals surface area contributed by atoms with Gasteiger partial charge in [0, 0.05) is 11.3 Å². The molecule has 0 aliphatic heterocycles. The van der Waals surface area contributed by atoms with Crippen molar-refractivity contribution in [3.63, 3.8) is 0 Å². The number of anilines is 1. The molecule has 0 spiro atoms. The van der Waals surface area contributed by atoms with E-state index in [1.807, 2.05) is 57.2 Å². The van der Waals surface area contributed by atoms with Gasteiger partial charge in [0.25, 0.3) is 5.91 Å².